The van der Waals surface area contributed by atoms with Crippen LogP contribution in [-0.4, -0.2) is 78.0 Å². The summed E-state index contributed by atoms with van der Waals surface area (Å²) in [5.74, 6) is 0. The molecule has 0 bridgehead atoms. The highest BCUT2D eigenvalue weighted by atomic mass is 16.6. The number of ether oxygens (including phenoxy) is 1. The van der Waals surface area contributed by atoms with Gasteiger partial charge in [-0.15, -0.1) is 0 Å². The van der Waals surface area contributed by atoms with Crippen LogP contribution in [0.2, 0.25) is 0 Å². The molecule has 6 nitrogen and oxygen atoms in total. The fraction of sp³-hybridized carbons (Fsp3) is 0.923. The molecule has 2 heterocycles. The van der Waals surface area contributed by atoms with E-state index in [2.05, 4.69) is 10.2 Å². The lowest BCUT2D eigenvalue weighted by Gasteiger charge is -2.33. The third kappa shape index (κ3) is 3.81. The maximum atomic E-state index is 12.0. The van der Waals surface area contributed by atoms with Crippen molar-refractivity contribution >= 4 is 6.09 Å². The molecule has 2 N–H and O–H groups in total. The molecule has 0 unspecified atom stereocenters. The maximum Gasteiger partial charge on any atom is 0.410 e. The number of hydrogen-bond donors (Lipinski definition) is 2. The van der Waals surface area contributed by atoms with Gasteiger partial charge in [0, 0.05) is 32.7 Å². The number of likely N-dealkylation sites (tertiary alicyclic amines) is 1. The average molecular weight is 271 g/mol. The number of piperazine rings is 1. The highest BCUT2D eigenvalue weighted by Gasteiger charge is 2.39. The summed E-state index contributed by atoms with van der Waals surface area (Å²) in [6, 6.07) is 0.0367. The molecule has 110 valence electrons. The van der Waals surface area contributed by atoms with Gasteiger partial charge < -0.3 is 20.1 Å². The topological polar surface area (TPSA) is 65.0 Å². The molecule has 6 heteroatoms. The van der Waals surface area contributed by atoms with E-state index in [0.717, 1.165) is 26.2 Å². The van der Waals surface area contributed by atoms with E-state index in [0.29, 0.717) is 13.1 Å². The molecule has 2 aliphatic heterocycles. The summed E-state index contributed by atoms with van der Waals surface area (Å²) in [4.78, 5) is 15.9. The Labute approximate surface area is 114 Å². The maximum absolute atomic E-state index is 12.0. The van der Waals surface area contributed by atoms with Crippen LogP contribution in [-0.2, 0) is 4.74 Å². The zero-order chi connectivity index (χ0) is 14.0. The SMILES string of the molecule is CC(C)(C)OC(=O)N1C[C@@H](O)[C@H](N2CCNCC2)C1. The Morgan fingerprint density at radius 1 is 1.26 bits per heavy atom. The third-order valence-corrected chi connectivity index (χ3v) is 3.53. The van der Waals surface area contributed by atoms with Crippen LogP contribution in [0.4, 0.5) is 4.79 Å². The van der Waals surface area contributed by atoms with Crippen molar-refractivity contribution in [2.24, 2.45) is 0 Å². The van der Waals surface area contributed by atoms with Gasteiger partial charge in [0.05, 0.1) is 18.7 Å². The standard InChI is InChI=1S/C13H25N3O3/c1-13(2,3)19-12(18)16-8-10(11(17)9-16)15-6-4-14-5-7-15/h10-11,14,17H,4-9H2,1-3H3/t10-,11-/m1/s1. The number of carbonyl (C=O) groups is 1. The van der Waals surface area contributed by atoms with Crippen LogP contribution < -0.4 is 5.32 Å². The molecule has 2 rings (SSSR count). The third-order valence-electron chi connectivity index (χ3n) is 3.53. The van der Waals surface area contributed by atoms with Gasteiger partial charge in [0.2, 0.25) is 0 Å². The van der Waals surface area contributed by atoms with Crippen molar-refractivity contribution in [2.45, 2.75) is 38.5 Å². The molecule has 2 atom stereocenters. The van der Waals surface area contributed by atoms with E-state index in [4.69, 9.17) is 4.74 Å². The highest BCUT2D eigenvalue weighted by Crippen LogP contribution is 2.19. The Morgan fingerprint density at radius 2 is 1.89 bits per heavy atom. The van der Waals surface area contributed by atoms with Gasteiger partial charge in [-0.2, -0.15) is 0 Å². The molecule has 19 heavy (non-hydrogen) atoms. The van der Waals surface area contributed by atoms with Gasteiger partial charge in [-0.1, -0.05) is 0 Å². The van der Waals surface area contributed by atoms with Crippen molar-refractivity contribution in [2.75, 3.05) is 39.3 Å². The molecule has 1 amide bonds. The Balaban J connectivity index is 1.91. The molecule has 0 saturated carbocycles. The van der Waals surface area contributed by atoms with Crippen molar-refractivity contribution in [1.82, 2.24) is 15.1 Å². The summed E-state index contributed by atoms with van der Waals surface area (Å²) < 4.78 is 5.35. The number of nitrogens with one attached hydrogen (secondary N) is 1. The van der Waals surface area contributed by atoms with Crippen molar-refractivity contribution in [3.8, 4) is 0 Å². The van der Waals surface area contributed by atoms with Gasteiger partial charge in [0.25, 0.3) is 0 Å². The molecule has 2 saturated heterocycles. The largest absolute Gasteiger partial charge is 0.444 e. The van der Waals surface area contributed by atoms with E-state index in [-0.39, 0.29) is 12.1 Å². The molecular formula is C13H25N3O3. The number of carbonyl (C=O) groups excluding carboxylic acids is 1. The Kier molecular flexibility index (Phi) is 4.32. The van der Waals surface area contributed by atoms with E-state index >= 15 is 0 Å². The zero-order valence-corrected chi connectivity index (χ0v) is 12.1. The van der Waals surface area contributed by atoms with Crippen LogP contribution >= 0.6 is 0 Å². The number of β-amino-alcohol motifs (C(OH)–C–C–N with tert-alkyl or cyclic N) is 1. The first-order valence-corrected chi connectivity index (χ1v) is 6.97. The number of hydrogen-bond acceptors (Lipinski definition) is 5. The molecule has 0 aromatic carbocycles. The van der Waals surface area contributed by atoms with Crippen molar-refractivity contribution < 1.29 is 14.6 Å². The second-order valence-electron chi connectivity index (χ2n) is 6.31. The number of aliphatic hydroxyl groups is 1. The average Bonchev–Trinajstić information content (AvgIpc) is 2.70. The van der Waals surface area contributed by atoms with Crippen LogP contribution in [0.3, 0.4) is 0 Å². The molecule has 2 fully saturated rings. The molecule has 0 aromatic rings. The number of rotatable bonds is 1. The van der Waals surface area contributed by atoms with E-state index in [1.165, 1.54) is 0 Å². The van der Waals surface area contributed by atoms with Crippen LogP contribution in [0.1, 0.15) is 20.8 Å². The molecular weight excluding hydrogens is 246 g/mol. The number of nitrogens with zero attached hydrogens (tertiary/aromatic N) is 2. The predicted molar refractivity (Wildman–Crippen MR) is 72.0 cm³/mol. The number of amides is 1. The van der Waals surface area contributed by atoms with Crippen LogP contribution in [0, 0.1) is 0 Å². The monoisotopic (exact) mass is 271 g/mol. The summed E-state index contributed by atoms with van der Waals surface area (Å²) in [6.45, 7) is 10.2. The summed E-state index contributed by atoms with van der Waals surface area (Å²) in [6.07, 6.45) is -0.810. The molecule has 2 aliphatic rings. The predicted octanol–water partition coefficient (Wildman–Crippen LogP) is -0.128. The van der Waals surface area contributed by atoms with Crippen LogP contribution in [0.5, 0.6) is 0 Å². The summed E-state index contributed by atoms with van der Waals surface area (Å²) in [7, 11) is 0. The fourth-order valence-corrected chi connectivity index (χ4v) is 2.62. The lowest BCUT2D eigenvalue weighted by Crippen LogP contribution is -2.52. The van der Waals surface area contributed by atoms with E-state index < -0.39 is 11.7 Å². The minimum absolute atomic E-state index is 0.0367. The fourth-order valence-electron chi connectivity index (χ4n) is 2.62. The number of aliphatic hydroxyl groups excluding tert-OH is 1. The van der Waals surface area contributed by atoms with Gasteiger partial charge >= 0.3 is 6.09 Å². The van der Waals surface area contributed by atoms with E-state index in [9.17, 15) is 9.90 Å². The van der Waals surface area contributed by atoms with Crippen LogP contribution in [0.15, 0.2) is 0 Å². The minimum Gasteiger partial charge on any atom is -0.444 e. The molecule has 0 radical (unpaired) electrons. The zero-order valence-electron chi connectivity index (χ0n) is 12.1. The summed E-state index contributed by atoms with van der Waals surface area (Å²) in [5, 5.41) is 13.4. The van der Waals surface area contributed by atoms with Gasteiger partial charge in [-0.25, -0.2) is 4.79 Å². The first-order valence-electron chi connectivity index (χ1n) is 6.97. The first-order chi connectivity index (χ1) is 8.87. The van der Waals surface area contributed by atoms with Gasteiger partial charge in [-0.3, -0.25) is 4.90 Å². The highest BCUT2D eigenvalue weighted by molar-refractivity contribution is 5.68. The summed E-state index contributed by atoms with van der Waals surface area (Å²) >= 11 is 0. The van der Waals surface area contributed by atoms with E-state index in [1.807, 2.05) is 20.8 Å². The van der Waals surface area contributed by atoms with Gasteiger partial charge in [0.15, 0.2) is 0 Å². The lowest BCUT2D eigenvalue weighted by atomic mass is 10.1. The van der Waals surface area contributed by atoms with E-state index in [1.54, 1.807) is 4.90 Å². The smallest absolute Gasteiger partial charge is 0.410 e. The first kappa shape index (κ1) is 14.6. The second-order valence-corrected chi connectivity index (χ2v) is 6.31. The quantitative estimate of drug-likeness (QED) is 0.695. The minimum atomic E-state index is -0.491. The molecule has 0 spiro atoms. The Hall–Kier alpha value is -0.850. The molecule has 0 aromatic heterocycles. The lowest BCUT2D eigenvalue weighted by molar-refractivity contribution is 0.0269. The molecule has 0 aliphatic carbocycles. The van der Waals surface area contributed by atoms with Crippen molar-refractivity contribution in [3.05, 3.63) is 0 Å². The summed E-state index contributed by atoms with van der Waals surface area (Å²) in [5.41, 5.74) is -0.491. The van der Waals surface area contributed by atoms with Gasteiger partial charge in [0.1, 0.15) is 5.60 Å². The van der Waals surface area contributed by atoms with Crippen molar-refractivity contribution in [3.63, 3.8) is 0 Å². The van der Waals surface area contributed by atoms with Crippen molar-refractivity contribution in [1.29, 1.82) is 0 Å². The second kappa shape index (κ2) is 5.64. The Bertz CT molecular complexity index is 324. The Morgan fingerprint density at radius 3 is 2.47 bits per heavy atom. The van der Waals surface area contributed by atoms with Crippen LogP contribution in [0.25, 0.3) is 0 Å². The normalized spacial score (nSPS) is 29.6. The van der Waals surface area contributed by atoms with Gasteiger partial charge in [-0.05, 0) is 20.8 Å².